The number of fused-ring (bicyclic) bond motifs is 1. The van der Waals surface area contributed by atoms with Crippen molar-refractivity contribution < 1.29 is 22.6 Å². The highest BCUT2D eigenvalue weighted by atomic mass is 19.4. The molecule has 2 N–H and O–H groups in total. The third-order valence-electron chi connectivity index (χ3n) is 9.58. The second-order valence-electron chi connectivity index (χ2n) is 12.6. The first kappa shape index (κ1) is 30.6. The van der Waals surface area contributed by atoms with E-state index in [1.54, 1.807) is 12.3 Å². The first-order valence-electron chi connectivity index (χ1n) is 15.8. The minimum Gasteiger partial charge on any atom is -0.474 e. The van der Waals surface area contributed by atoms with Crippen molar-refractivity contribution in [3.05, 3.63) is 54.4 Å². The van der Waals surface area contributed by atoms with Crippen LogP contribution < -0.4 is 10.1 Å². The number of piperidine rings is 1. The van der Waals surface area contributed by atoms with Gasteiger partial charge in [0.25, 0.3) is 0 Å². The van der Waals surface area contributed by atoms with Crippen LogP contribution in [-0.2, 0) is 23.0 Å². The van der Waals surface area contributed by atoms with Gasteiger partial charge in [-0.1, -0.05) is 0 Å². The number of nitrogens with zero attached hydrogens (tertiary/aromatic N) is 7. The van der Waals surface area contributed by atoms with Gasteiger partial charge in [0.15, 0.2) is 0 Å². The van der Waals surface area contributed by atoms with Crippen LogP contribution in [0.4, 0.5) is 13.2 Å². The average molecular weight is 636 g/mol. The number of H-pyrrole nitrogens is 1. The number of likely N-dealkylation sites (tertiary alicyclic amines) is 1. The minimum atomic E-state index is -4.56. The van der Waals surface area contributed by atoms with E-state index in [0.29, 0.717) is 44.6 Å². The van der Waals surface area contributed by atoms with E-state index in [2.05, 4.69) is 41.3 Å². The molecule has 242 valence electrons. The monoisotopic (exact) mass is 635 g/mol. The van der Waals surface area contributed by atoms with Gasteiger partial charge in [0.1, 0.15) is 23.8 Å². The molecular weight excluding hydrogens is 599 g/mol. The molecule has 1 saturated carbocycles. The highest BCUT2D eigenvalue weighted by Gasteiger charge is 2.49. The maximum absolute atomic E-state index is 13.7. The molecule has 0 radical (unpaired) electrons. The number of aromatic amines is 1. The Morgan fingerprint density at radius 1 is 1.13 bits per heavy atom. The fourth-order valence-corrected chi connectivity index (χ4v) is 7.00. The summed E-state index contributed by atoms with van der Waals surface area (Å²) in [5, 5.41) is 18.6. The second kappa shape index (κ2) is 12.6. The molecule has 7 rings (SSSR count). The fourth-order valence-electron chi connectivity index (χ4n) is 7.00. The summed E-state index contributed by atoms with van der Waals surface area (Å²) in [5.74, 6) is 0.0174. The van der Waals surface area contributed by atoms with Gasteiger partial charge in [-0.25, -0.2) is 15.0 Å². The second-order valence-corrected chi connectivity index (χ2v) is 12.6. The number of hydrogen-bond acceptors (Lipinski definition) is 9. The summed E-state index contributed by atoms with van der Waals surface area (Å²) in [6.07, 6.45) is 7.28. The van der Waals surface area contributed by atoms with Gasteiger partial charge >= 0.3 is 6.18 Å². The molecule has 4 aromatic heterocycles. The van der Waals surface area contributed by atoms with E-state index >= 15 is 0 Å². The molecule has 0 atom stereocenters. The van der Waals surface area contributed by atoms with E-state index in [0.717, 1.165) is 67.1 Å². The number of nitriles is 1. The van der Waals surface area contributed by atoms with Crippen molar-refractivity contribution in [1.82, 2.24) is 39.9 Å². The van der Waals surface area contributed by atoms with Gasteiger partial charge in [0.05, 0.1) is 29.9 Å². The molecule has 0 aromatic carbocycles. The van der Waals surface area contributed by atoms with Crippen molar-refractivity contribution in [2.45, 2.75) is 81.4 Å². The minimum absolute atomic E-state index is 0.0174. The van der Waals surface area contributed by atoms with Crippen molar-refractivity contribution in [1.29, 1.82) is 5.26 Å². The number of aromatic nitrogens is 6. The molecule has 11 nitrogen and oxygen atoms in total. The Kier molecular flexibility index (Phi) is 8.39. The molecule has 3 fully saturated rings. The Hall–Kier alpha value is -4.06. The van der Waals surface area contributed by atoms with E-state index in [4.69, 9.17) is 9.47 Å². The Labute approximate surface area is 264 Å². The summed E-state index contributed by atoms with van der Waals surface area (Å²) in [6, 6.07) is 7.52. The molecule has 46 heavy (non-hydrogen) atoms. The summed E-state index contributed by atoms with van der Waals surface area (Å²) >= 11 is 0. The zero-order chi connectivity index (χ0) is 31.7. The molecule has 0 amide bonds. The highest BCUT2D eigenvalue weighted by Crippen LogP contribution is 2.45. The molecule has 2 aliphatic heterocycles. The van der Waals surface area contributed by atoms with Crippen molar-refractivity contribution >= 4 is 11.0 Å². The Morgan fingerprint density at radius 3 is 2.70 bits per heavy atom. The van der Waals surface area contributed by atoms with Gasteiger partial charge in [-0.05, 0) is 56.2 Å². The topological polar surface area (TPSA) is 130 Å². The smallest absolute Gasteiger partial charge is 0.433 e. The third-order valence-corrected chi connectivity index (χ3v) is 9.58. The van der Waals surface area contributed by atoms with Crippen LogP contribution in [0, 0.1) is 11.3 Å². The van der Waals surface area contributed by atoms with Crippen LogP contribution in [0.3, 0.4) is 0 Å². The molecule has 6 heterocycles. The van der Waals surface area contributed by atoms with Gasteiger partial charge in [0, 0.05) is 74.3 Å². The number of alkyl halides is 3. The third kappa shape index (κ3) is 6.31. The Balaban J connectivity index is 0.967. The summed E-state index contributed by atoms with van der Waals surface area (Å²) in [5.41, 5.74) is 1.59. The SMILES string of the molecule is N#CC[C@]1(n2cc(-c3ncnc4[nH]ccc34)cn2)C[C@@H](N2CCC(Oc3cc(CNC4CCOCC4)cc(C(F)(F)F)n3)CC2)C1. The van der Waals surface area contributed by atoms with Gasteiger partial charge in [-0.3, -0.25) is 9.58 Å². The Bertz CT molecular complexity index is 1690. The zero-order valence-corrected chi connectivity index (χ0v) is 25.3. The molecule has 3 aliphatic rings. The summed E-state index contributed by atoms with van der Waals surface area (Å²) in [7, 11) is 0. The predicted molar refractivity (Wildman–Crippen MR) is 161 cm³/mol. The number of nitrogens with one attached hydrogen (secondary N) is 2. The summed E-state index contributed by atoms with van der Waals surface area (Å²) in [4.78, 5) is 18.1. The molecule has 4 aromatic rings. The van der Waals surface area contributed by atoms with Gasteiger partial charge in [-0.15, -0.1) is 0 Å². The maximum Gasteiger partial charge on any atom is 0.433 e. The van der Waals surface area contributed by atoms with Crippen LogP contribution in [0.15, 0.2) is 43.1 Å². The van der Waals surface area contributed by atoms with E-state index in [1.807, 2.05) is 23.1 Å². The average Bonchev–Trinajstić information content (AvgIpc) is 3.73. The van der Waals surface area contributed by atoms with E-state index < -0.39 is 17.4 Å². The number of rotatable bonds is 9. The van der Waals surface area contributed by atoms with Crippen molar-refractivity contribution in [3.63, 3.8) is 0 Å². The molecule has 2 saturated heterocycles. The lowest BCUT2D eigenvalue weighted by Gasteiger charge is -2.52. The standard InChI is InChI=1S/C32H36F3N9O2/c33-32(34,35)27-13-21(17-38-23-4-11-45-12-5-23)14-28(42-27)46-25-2-9-43(10-3-25)24-15-31(16-24,6-7-36)44-19-22(18-41-44)29-26-1-8-37-30(26)40-20-39-29/h1,8,13-14,18-20,23-25,38H,2-6,9-12,15-17H2,(H,37,39,40)/t24-,31+. The van der Waals surface area contributed by atoms with E-state index in [9.17, 15) is 18.4 Å². The van der Waals surface area contributed by atoms with Gasteiger partial charge in [0.2, 0.25) is 5.88 Å². The lowest BCUT2D eigenvalue weighted by atomic mass is 9.69. The molecule has 14 heteroatoms. The largest absolute Gasteiger partial charge is 0.474 e. The lowest BCUT2D eigenvalue weighted by Crippen LogP contribution is -2.58. The lowest BCUT2D eigenvalue weighted by molar-refractivity contribution is -0.141. The van der Waals surface area contributed by atoms with Crippen LogP contribution in [0.5, 0.6) is 5.88 Å². The first-order valence-corrected chi connectivity index (χ1v) is 15.8. The van der Waals surface area contributed by atoms with Crippen molar-refractivity contribution in [2.75, 3.05) is 26.3 Å². The van der Waals surface area contributed by atoms with Crippen LogP contribution >= 0.6 is 0 Å². The van der Waals surface area contributed by atoms with Crippen LogP contribution in [0.25, 0.3) is 22.3 Å². The number of halogens is 3. The van der Waals surface area contributed by atoms with Gasteiger partial charge in [-0.2, -0.15) is 23.5 Å². The highest BCUT2D eigenvalue weighted by molar-refractivity contribution is 5.90. The van der Waals surface area contributed by atoms with Crippen molar-refractivity contribution in [3.8, 4) is 23.2 Å². The zero-order valence-electron chi connectivity index (χ0n) is 25.3. The van der Waals surface area contributed by atoms with E-state index in [-0.39, 0.29) is 24.1 Å². The van der Waals surface area contributed by atoms with Crippen LogP contribution in [0.2, 0.25) is 0 Å². The summed E-state index contributed by atoms with van der Waals surface area (Å²) < 4.78 is 54.4. The van der Waals surface area contributed by atoms with Gasteiger partial charge < -0.3 is 19.8 Å². The fraction of sp³-hybridized carbons (Fsp3) is 0.531. The number of pyridine rings is 1. The molecule has 1 aliphatic carbocycles. The molecule has 0 spiro atoms. The normalized spacial score (nSPS) is 23.3. The van der Waals surface area contributed by atoms with Crippen molar-refractivity contribution in [2.24, 2.45) is 0 Å². The quantitative estimate of drug-likeness (QED) is 0.266. The van der Waals surface area contributed by atoms with Crippen LogP contribution in [0.1, 0.15) is 56.2 Å². The Morgan fingerprint density at radius 2 is 1.93 bits per heavy atom. The molecule has 0 bridgehead atoms. The molecular formula is C32H36F3N9O2. The first-order chi connectivity index (χ1) is 22.3. The number of ether oxygens (including phenoxy) is 2. The maximum atomic E-state index is 13.7. The molecule has 0 unspecified atom stereocenters. The summed E-state index contributed by atoms with van der Waals surface area (Å²) in [6.45, 7) is 3.13. The number of hydrogen-bond donors (Lipinski definition) is 2. The van der Waals surface area contributed by atoms with E-state index in [1.165, 1.54) is 6.33 Å². The predicted octanol–water partition coefficient (Wildman–Crippen LogP) is 4.82. The van der Waals surface area contributed by atoms with Crippen LogP contribution in [-0.4, -0.2) is 79.1 Å².